The largest absolute Gasteiger partial charge is 0.435 e. The molecule has 1 aromatic heterocycles. The van der Waals surface area contributed by atoms with Crippen molar-refractivity contribution in [2.75, 3.05) is 6.54 Å². The molecule has 0 saturated heterocycles. The van der Waals surface area contributed by atoms with Crippen LogP contribution in [0, 0.1) is 0 Å². The second kappa shape index (κ2) is 5.97. The lowest BCUT2D eigenvalue weighted by Crippen LogP contribution is -2.37. The zero-order valence-electron chi connectivity index (χ0n) is 10.5. The molecule has 0 radical (unpaired) electrons. The van der Waals surface area contributed by atoms with Crippen LogP contribution in [0.25, 0.3) is 0 Å². The molecule has 1 unspecified atom stereocenters. The Hall–Kier alpha value is -1.00. The smallest absolute Gasteiger partial charge is 0.352 e. The summed E-state index contributed by atoms with van der Waals surface area (Å²) < 4.78 is 39.2. The van der Waals surface area contributed by atoms with Gasteiger partial charge in [0.25, 0.3) is 0 Å². The van der Waals surface area contributed by atoms with Gasteiger partial charge in [0.2, 0.25) is 0 Å². The highest BCUT2D eigenvalue weighted by molar-refractivity contribution is 14.0. The van der Waals surface area contributed by atoms with Crippen molar-refractivity contribution >= 4 is 29.9 Å². The number of aromatic nitrogens is 2. The van der Waals surface area contributed by atoms with Crippen molar-refractivity contribution in [1.82, 2.24) is 20.4 Å². The summed E-state index contributed by atoms with van der Waals surface area (Å²) in [6.45, 7) is 2.62. The van der Waals surface area contributed by atoms with Gasteiger partial charge in [-0.3, -0.25) is 9.67 Å². The van der Waals surface area contributed by atoms with Gasteiger partial charge in [0, 0.05) is 31.4 Å². The maximum absolute atomic E-state index is 12.7. The molecule has 19 heavy (non-hydrogen) atoms. The minimum atomic E-state index is -4.43. The Kier molecular flexibility index (Phi) is 5.04. The quantitative estimate of drug-likeness (QED) is 0.754. The van der Waals surface area contributed by atoms with E-state index in [0.29, 0.717) is 12.5 Å². The van der Waals surface area contributed by atoms with E-state index in [-0.39, 0.29) is 42.1 Å². The van der Waals surface area contributed by atoms with Crippen molar-refractivity contribution in [2.45, 2.75) is 25.7 Å². The monoisotopic (exact) mass is 389 g/mol. The highest BCUT2D eigenvalue weighted by atomic mass is 127. The number of rotatable bonds is 2. The van der Waals surface area contributed by atoms with E-state index in [9.17, 15) is 13.2 Å². The molecule has 0 aromatic carbocycles. The van der Waals surface area contributed by atoms with E-state index in [2.05, 4.69) is 20.7 Å². The van der Waals surface area contributed by atoms with Gasteiger partial charge in [-0.15, -0.1) is 24.0 Å². The molecule has 0 saturated carbocycles. The van der Waals surface area contributed by atoms with E-state index >= 15 is 0 Å². The van der Waals surface area contributed by atoms with E-state index in [1.807, 2.05) is 6.92 Å². The Morgan fingerprint density at radius 3 is 2.74 bits per heavy atom. The summed E-state index contributed by atoms with van der Waals surface area (Å²) in [7, 11) is 1.46. The summed E-state index contributed by atoms with van der Waals surface area (Å²) in [6, 6.07) is 0.212. The van der Waals surface area contributed by atoms with Crippen molar-refractivity contribution in [3.05, 3.63) is 17.5 Å². The van der Waals surface area contributed by atoms with E-state index in [0.717, 1.165) is 4.68 Å². The third-order valence-electron chi connectivity index (χ3n) is 2.53. The molecule has 108 valence electrons. The van der Waals surface area contributed by atoms with Crippen LogP contribution in [0.5, 0.6) is 0 Å². The maximum Gasteiger partial charge on any atom is 0.435 e. The van der Waals surface area contributed by atoms with Crippen molar-refractivity contribution < 1.29 is 13.2 Å². The standard InChI is InChI=1S/C10H14F3N5.HI/c1-6-3-14-9(16-6)15-4-7-5-18(2)17-8(7)10(11,12)13;/h5-6H,3-4H2,1-2H3,(H2,14,15,16);1H. The first kappa shape index (κ1) is 16.1. The predicted octanol–water partition coefficient (Wildman–Crippen LogP) is 1.49. The molecule has 0 bridgehead atoms. The molecule has 1 atom stereocenters. The molecular weight excluding hydrogens is 374 g/mol. The van der Waals surface area contributed by atoms with Gasteiger partial charge >= 0.3 is 6.18 Å². The molecule has 2 heterocycles. The van der Waals surface area contributed by atoms with Gasteiger partial charge in [0.15, 0.2) is 11.7 Å². The van der Waals surface area contributed by atoms with Crippen molar-refractivity contribution in [2.24, 2.45) is 12.0 Å². The second-order valence-corrected chi connectivity index (χ2v) is 4.26. The van der Waals surface area contributed by atoms with Gasteiger partial charge in [-0.2, -0.15) is 18.3 Å². The lowest BCUT2D eigenvalue weighted by atomic mass is 10.2. The van der Waals surface area contributed by atoms with Crippen LogP contribution in [0.3, 0.4) is 0 Å². The Balaban J connectivity index is 0.00000180. The van der Waals surface area contributed by atoms with Crippen molar-refractivity contribution in [3.63, 3.8) is 0 Å². The summed E-state index contributed by atoms with van der Waals surface area (Å²) in [6.07, 6.45) is -3.08. The summed E-state index contributed by atoms with van der Waals surface area (Å²) in [5.41, 5.74) is -0.752. The Labute approximate surface area is 125 Å². The topological polar surface area (TPSA) is 54.2 Å². The SMILES string of the molecule is CC1CN=C(NCc2cn(C)nc2C(F)(F)F)N1.I. The van der Waals surface area contributed by atoms with Gasteiger partial charge in [-0.1, -0.05) is 0 Å². The highest BCUT2D eigenvalue weighted by Crippen LogP contribution is 2.30. The summed E-state index contributed by atoms with van der Waals surface area (Å²) in [5.74, 6) is 0.527. The van der Waals surface area contributed by atoms with Crippen LogP contribution in [0.15, 0.2) is 11.2 Å². The van der Waals surface area contributed by atoms with Gasteiger partial charge in [0.1, 0.15) is 0 Å². The number of hydrogen-bond acceptors (Lipinski definition) is 4. The predicted molar refractivity (Wildman–Crippen MR) is 75.4 cm³/mol. The van der Waals surface area contributed by atoms with Crippen molar-refractivity contribution in [3.8, 4) is 0 Å². The lowest BCUT2D eigenvalue weighted by molar-refractivity contribution is -0.142. The van der Waals surface area contributed by atoms with Crippen molar-refractivity contribution in [1.29, 1.82) is 0 Å². The van der Waals surface area contributed by atoms with Crippen LogP contribution in [0.1, 0.15) is 18.2 Å². The third-order valence-corrected chi connectivity index (χ3v) is 2.53. The van der Waals surface area contributed by atoms with Crippen LogP contribution in [-0.4, -0.2) is 28.3 Å². The van der Waals surface area contributed by atoms with E-state index in [1.54, 1.807) is 0 Å². The van der Waals surface area contributed by atoms with Crippen LogP contribution in [-0.2, 0) is 19.8 Å². The first-order chi connectivity index (χ1) is 8.36. The van der Waals surface area contributed by atoms with Crippen LogP contribution in [0.2, 0.25) is 0 Å². The van der Waals surface area contributed by atoms with Gasteiger partial charge in [0.05, 0.1) is 6.54 Å². The zero-order valence-corrected chi connectivity index (χ0v) is 12.8. The average Bonchev–Trinajstić information content (AvgIpc) is 2.81. The fourth-order valence-electron chi connectivity index (χ4n) is 1.74. The van der Waals surface area contributed by atoms with Gasteiger partial charge in [-0.05, 0) is 6.92 Å². The second-order valence-electron chi connectivity index (χ2n) is 4.26. The van der Waals surface area contributed by atoms with E-state index < -0.39 is 11.9 Å². The fraction of sp³-hybridized carbons (Fsp3) is 0.600. The van der Waals surface area contributed by atoms with Crippen LogP contribution in [0.4, 0.5) is 13.2 Å². The number of nitrogens with zero attached hydrogens (tertiary/aromatic N) is 3. The number of halogens is 4. The molecule has 9 heteroatoms. The molecular formula is C10H15F3IN5. The van der Waals surface area contributed by atoms with E-state index in [1.165, 1.54) is 13.2 Å². The number of alkyl halides is 3. The maximum atomic E-state index is 12.7. The zero-order chi connectivity index (χ0) is 13.3. The van der Waals surface area contributed by atoms with Gasteiger partial charge in [-0.25, -0.2) is 0 Å². The molecule has 0 aliphatic carbocycles. The molecule has 1 aliphatic rings. The summed E-state index contributed by atoms with van der Waals surface area (Å²) in [5, 5.41) is 9.29. The Morgan fingerprint density at radius 1 is 1.53 bits per heavy atom. The number of aliphatic imine (C=N–C) groups is 1. The first-order valence-electron chi connectivity index (χ1n) is 5.51. The molecule has 2 rings (SSSR count). The minimum absolute atomic E-state index is 0. The Morgan fingerprint density at radius 2 is 2.21 bits per heavy atom. The van der Waals surface area contributed by atoms with Crippen LogP contribution < -0.4 is 10.6 Å². The molecule has 1 aliphatic heterocycles. The number of nitrogens with one attached hydrogen (secondary N) is 2. The normalized spacial score (nSPS) is 18.6. The molecule has 0 fully saturated rings. The summed E-state index contributed by atoms with van der Waals surface area (Å²) >= 11 is 0. The lowest BCUT2D eigenvalue weighted by Gasteiger charge is -2.09. The third kappa shape index (κ3) is 3.98. The van der Waals surface area contributed by atoms with Crippen LogP contribution >= 0.6 is 24.0 Å². The summed E-state index contributed by atoms with van der Waals surface area (Å²) in [4.78, 5) is 4.12. The molecule has 1 aromatic rings. The highest BCUT2D eigenvalue weighted by Gasteiger charge is 2.36. The average molecular weight is 389 g/mol. The number of aryl methyl sites for hydroxylation is 1. The first-order valence-corrected chi connectivity index (χ1v) is 5.51. The molecule has 2 N–H and O–H groups in total. The molecule has 5 nitrogen and oxygen atoms in total. The molecule has 0 amide bonds. The number of guanidine groups is 1. The Bertz CT molecular complexity index is 468. The number of hydrogen-bond donors (Lipinski definition) is 2. The van der Waals surface area contributed by atoms with Gasteiger partial charge < -0.3 is 10.6 Å². The van der Waals surface area contributed by atoms with E-state index in [4.69, 9.17) is 0 Å². The molecule has 0 spiro atoms. The minimum Gasteiger partial charge on any atom is -0.352 e. The fourth-order valence-corrected chi connectivity index (χ4v) is 1.74.